The van der Waals surface area contributed by atoms with Crippen molar-refractivity contribution in [3.05, 3.63) is 50.7 Å². The molecule has 0 bridgehead atoms. The molecule has 1 aliphatic carbocycles. The molecular formula is C23H26N2S. The Morgan fingerprint density at radius 1 is 1.15 bits per heavy atom. The minimum absolute atomic E-state index is 0.0849. The van der Waals surface area contributed by atoms with Crippen molar-refractivity contribution < 1.29 is 0 Å². The summed E-state index contributed by atoms with van der Waals surface area (Å²) in [6, 6.07) is 4.72. The summed E-state index contributed by atoms with van der Waals surface area (Å²) in [7, 11) is 0. The van der Waals surface area contributed by atoms with Gasteiger partial charge in [0, 0.05) is 16.5 Å². The summed E-state index contributed by atoms with van der Waals surface area (Å²) in [5.41, 5.74) is 10.3. The number of nitriles is 1. The first-order valence-electron chi connectivity index (χ1n) is 9.34. The standard InChI is InChI=1S/C23H26N2S/c1-13-18(12-26-20(13)11-24)17-10-19-21(16-9-7-8-15(16)17)25-23(5,6)14(2)22(19,3)4/h10,12,25H,2,7-9H2,1,3-6H3. The molecule has 2 nitrogen and oxygen atoms in total. The molecule has 0 atom stereocenters. The molecular weight excluding hydrogens is 336 g/mol. The monoisotopic (exact) mass is 362 g/mol. The van der Waals surface area contributed by atoms with Gasteiger partial charge in [-0.1, -0.05) is 20.4 Å². The lowest BCUT2D eigenvalue weighted by atomic mass is 9.66. The van der Waals surface area contributed by atoms with E-state index in [9.17, 15) is 5.26 Å². The van der Waals surface area contributed by atoms with Crippen molar-refractivity contribution in [1.29, 1.82) is 5.26 Å². The smallest absolute Gasteiger partial charge is 0.110 e. The summed E-state index contributed by atoms with van der Waals surface area (Å²) >= 11 is 1.56. The van der Waals surface area contributed by atoms with Crippen molar-refractivity contribution in [1.82, 2.24) is 0 Å². The number of anilines is 1. The van der Waals surface area contributed by atoms with Crippen molar-refractivity contribution >= 4 is 17.0 Å². The first-order chi connectivity index (χ1) is 12.2. The number of fused-ring (bicyclic) bond motifs is 3. The fraction of sp³-hybridized carbons (Fsp3) is 0.435. The molecule has 2 aliphatic rings. The third-order valence-corrected chi connectivity index (χ3v) is 7.44. The van der Waals surface area contributed by atoms with Crippen molar-refractivity contribution in [3.8, 4) is 17.2 Å². The van der Waals surface area contributed by atoms with Crippen LogP contribution in [0.25, 0.3) is 11.1 Å². The van der Waals surface area contributed by atoms with Crippen LogP contribution in [0.2, 0.25) is 0 Å². The molecule has 2 heterocycles. The topological polar surface area (TPSA) is 35.8 Å². The molecule has 1 N–H and O–H groups in total. The van der Waals surface area contributed by atoms with E-state index in [1.165, 1.54) is 45.5 Å². The average molecular weight is 363 g/mol. The van der Waals surface area contributed by atoms with E-state index in [1.807, 2.05) is 0 Å². The van der Waals surface area contributed by atoms with E-state index in [0.29, 0.717) is 0 Å². The number of hydrogen-bond donors (Lipinski definition) is 1. The van der Waals surface area contributed by atoms with Crippen LogP contribution in [-0.2, 0) is 18.3 Å². The Labute approximate surface area is 160 Å². The Kier molecular flexibility index (Phi) is 3.66. The Balaban J connectivity index is 2.03. The quantitative estimate of drug-likeness (QED) is 0.620. The van der Waals surface area contributed by atoms with Gasteiger partial charge in [-0.3, -0.25) is 0 Å². The highest BCUT2D eigenvalue weighted by atomic mass is 32.1. The predicted octanol–water partition coefficient (Wildman–Crippen LogP) is 6.12. The summed E-state index contributed by atoms with van der Waals surface area (Å²) in [6.07, 6.45) is 3.46. The van der Waals surface area contributed by atoms with Crippen molar-refractivity contribution in [2.24, 2.45) is 0 Å². The lowest BCUT2D eigenvalue weighted by Gasteiger charge is -2.47. The third-order valence-electron chi connectivity index (χ3n) is 6.45. The molecule has 4 rings (SSSR count). The van der Waals surface area contributed by atoms with E-state index in [1.54, 1.807) is 11.3 Å². The van der Waals surface area contributed by atoms with Crippen LogP contribution in [0.3, 0.4) is 0 Å². The van der Waals surface area contributed by atoms with Gasteiger partial charge in [-0.2, -0.15) is 5.26 Å². The van der Waals surface area contributed by atoms with E-state index in [-0.39, 0.29) is 11.0 Å². The van der Waals surface area contributed by atoms with Crippen molar-refractivity contribution in [2.45, 2.75) is 64.8 Å². The Hall–Kier alpha value is -2.05. The zero-order valence-corrected chi connectivity index (χ0v) is 17.2. The fourth-order valence-electron chi connectivity index (χ4n) is 4.78. The maximum absolute atomic E-state index is 9.38. The number of benzene rings is 1. The molecule has 0 fully saturated rings. The highest BCUT2D eigenvalue weighted by molar-refractivity contribution is 7.11. The Bertz CT molecular complexity index is 983. The molecule has 26 heavy (non-hydrogen) atoms. The first-order valence-corrected chi connectivity index (χ1v) is 10.2. The molecule has 1 aromatic carbocycles. The van der Waals surface area contributed by atoms with Crippen LogP contribution < -0.4 is 5.32 Å². The minimum atomic E-state index is -0.110. The maximum Gasteiger partial charge on any atom is 0.110 e. The highest BCUT2D eigenvalue weighted by Gasteiger charge is 2.43. The molecule has 1 aromatic heterocycles. The van der Waals surface area contributed by atoms with Gasteiger partial charge in [0.15, 0.2) is 0 Å². The molecule has 0 spiro atoms. The highest BCUT2D eigenvalue weighted by Crippen LogP contribution is 2.52. The summed E-state index contributed by atoms with van der Waals surface area (Å²) in [4.78, 5) is 0.826. The van der Waals surface area contributed by atoms with Crippen LogP contribution in [0.15, 0.2) is 23.6 Å². The van der Waals surface area contributed by atoms with Crippen LogP contribution in [0.1, 0.15) is 61.2 Å². The molecule has 2 aromatic rings. The van der Waals surface area contributed by atoms with E-state index >= 15 is 0 Å². The van der Waals surface area contributed by atoms with Crippen LogP contribution >= 0.6 is 11.3 Å². The van der Waals surface area contributed by atoms with E-state index < -0.39 is 0 Å². The van der Waals surface area contributed by atoms with Gasteiger partial charge in [0.25, 0.3) is 0 Å². The molecule has 0 amide bonds. The third kappa shape index (κ3) is 2.21. The van der Waals surface area contributed by atoms with Gasteiger partial charge < -0.3 is 5.32 Å². The van der Waals surface area contributed by atoms with Crippen LogP contribution in [0.4, 0.5) is 5.69 Å². The summed E-state index contributed by atoms with van der Waals surface area (Å²) in [6.45, 7) is 15.6. The summed E-state index contributed by atoms with van der Waals surface area (Å²) in [5, 5.41) is 15.3. The van der Waals surface area contributed by atoms with Crippen LogP contribution in [0, 0.1) is 18.3 Å². The van der Waals surface area contributed by atoms with Gasteiger partial charge in [0.05, 0.1) is 5.54 Å². The van der Waals surface area contributed by atoms with E-state index in [0.717, 1.165) is 23.3 Å². The van der Waals surface area contributed by atoms with Crippen LogP contribution in [0.5, 0.6) is 0 Å². The number of rotatable bonds is 1. The Morgan fingerprint density at radius 2 is 1.85 bits per heavy atom. The van der Waals surface area contributed by atoms with E-state index in [2.05, 4.69) is 64.0 Å². The zero-order chi connectivity index (χ0) is 18.9. The van der Waals surface area contributed by atoms with Gasteiger partial charge in [-0.15, -0.1) is 11.3 Å². The second-order valence-corrected chi connectivity index (χ2v) is 9.61. The molecule has 0 saturated heterocycles. The molecule has 134 valence electrons. The lowest BCUT2D eigenvalue weighted by Crippen LogP contribution is -2.46. The number of nitrogens with one attached hydrogen (secondary N) is 1. The molecule has 1 aliphatic heterocycles. The van der Waals surface area contributed by atoms with Gasteiger partial charge >= 0.3 is 0 Å². The average Bonchev–Trinajstić information content (AvgIpc) is 3.20. The molecule has 0 radical (unpaired) electrons. The Morgan fingerprint density at radius 3 is 2.50 bits per heavy atom. The van der Waals surface area contributed by atoms with Crippen LogP contribution in [-0.4, -0.2) is 5.54 Å². The SMILES string of the molecule is C=C1C(C)(C)Nc2c(cc(-c3csc(C#N)c3C)c3c2CCC3)C1(C)C. The summed E-state index contributed by atoms with van der Waals surface area (Å²) in [5.74, 6) is 0. The second-order valence-electron chi connectivity index (χ2n) is 8.73. The normalized spacial score (nSPS) is 19.5. The van der Waals surface area contributed by atoms with Gasteiger partial charge in [0.2, 0.25) is 0 Å². The number of hydrogen-bond acceptors (Lipinski definition) is 3. The number of thiophene rings is 1. The second kappa shape index (κ2) is 5.47. The molecule has 0 saturated carbocycles. The fourth-order valence-corrected chi connectivity index (χ4v) is 5.66. The molecule has 3 heteroatoms. The summed E-state index contributed by atoms with van der Waals surface area (Å²) < 4.78 is 0. The zero-order valence-electron chi connectivity index (χ0n) is 16.3. The number of nitrogens with zero attached hydrogens (tertiary/aromatic N) is 1. The van der Waals surface area contributed by atoms with Gasteiger partial charge in [-0.25, -0.2) is 0 Å². The largest absolute Gasteiger partial charge is 0.376 e. The first kappa shape index (κ1) is 17.4. The van der Waals surface area contributed by atoms with Crippen molar-refractivity contribution in [2.75, 3.05) is 5.32 Å². The minimum Gasteiger partial charge on any atom is -0.376 e. The van der Waals surface area contributed by atoms with E-state index in [4.69, 9.17) is 0 Å². The predicted molar refractivity (Wildman–Crippen MR) is 111 cm³/mol. The molecule has 0 unspecified atom stereocenters. The van der Waals surface area contributed by atoms with Gasteiger partial charge in [-0.05, 0) is 85.1 Å². The maximum atomic E-state index is 9.38. The van der Waals surface area contributed by atoms with Gasteiger partial charge in [0.1, 0.15) is 10.9 Å². The lowest BCUT2D eigenvalue weighted by molar-refractivity contribution is 0.489. The van der Waals surface area contributed by atoms with Crippen molar-refractivity contribution in [3.63, 3.8) is 0 Å².